The molecule has 0 spiro atoms. The Morgan fingerprint density at radius 1 is 1.50 bits per heavy atom. The number of aryl methyl sites for hydroxylation is 1. The van der Waals surface area contributed by atoms with Crippen molar-refractivity contribution in [2.24, 2.45) is 11.1 Å². The van der Waals surface area contributed by atoms with Crippen molar-refractivity contribution in [3.63, 3.8) is 0 Å². The van der Waals surface area contributed by atoms with Gasteiger partial charge in [0.15, 0.2) is 5.03 Å². The molecule has 0 atom stereocenters. The van der Waals surface area contributed by atoms with Crippen molar-refractivity contribution in [3.05, 3.63) is 12.5 Å². The fourth-order valence-electron chi connectivity index (χ4n) is 2.24. The molecule has 0 aromatic carbocycles. The minimum Gasteiger partial charge on any atom is -0.393 e. The first-order valence-electron chi connectivity index (χ1n) is 6.61. The highest BCUT2D eigenvalue weighted by Gasteiger charge is 2.37. The van der Waals surface area contributed by atoms with E-state index in [2.05, 4.69) is 4.98 Å². The summed E-state index contributed by atoms with van der Waals surface area (Å²) in [4.78, 5) is 4.45. The van der Waals surface area contributed by atoms with Gasteiger partial charge in [0.1, 0.15) is 0 Å². The standard InChI is InChI=1S/C12H20N4O2S2/c1-3-15-8-10(14-9-15)20(17,18)16-6-4-12(2,5-7-16)11(13)19/h8-9H,3-7H2,1-2H3,(H2,13,19). The molecule has 0 unspecified atom stereocenters. The van der Waals surface area contributed by atoms with E-state index in [9.17, 15) is 8.42 Å². The second-order valence-corrected chi connectivity index (χ2v) is 7.70. The molecular formula is C12H20N4O2S2. The van der Waals surface area contributed by atoms with Crippen LogP contribution in [0.3, 0.4) is 0 Å². The molecule has 1 aliphatic rings. The van der Waals surface area contributed by atoms with Crippen molar-refractivity contribution in [2.45, 2.75) is 38.3 Å². The number of aromatic nitrogens is 2. The van der Waals surface area contributed by atoms with Crippen LogP contribution in [0.15, 0.2) is 17.6 Å². The maximum Gasteiger partial charge on any atom is 0.262 e. The van der Waals surface area contributed by atoms with Crippen molar-refractivity contribution in [1.82, 2.24) is 13.9 Å². The second-order valence-electron chi connectivity index (χ2n) is 5.37. The molecule has 0 bridgehead atoms. The Morgan fingerprint density at radius 3 is 2.55 bits per heavy atom. The summed E-state index contributed by atoms with van der Waals surface area (Å²) in [5.74, 6) is 0. The van der Waals surface area contributed by atoms with Gasteiger partial charge in [-0.05, 0) is 19.8 Å². The van der Waals surface area contributed by atoms with Crippen LogP contribution in [0.2, 0.25) is 0 Å². The van der Waals surface area contributed by atoms with E-state index in [1.54, 1.807) is 10.8 Å². The van der Waals surface area contributed by atoms with Gasteiger partial charge in [0.05, 0.1) is 11.3 Å². The van der Waals surface area contributed by atoms with E-state index in [4.69, 9.17) is 18.0 Å². The van der Waals surface area contributed by atoms with Crippen LogP contribution < -0.4 is 5.73 Å². The molecule has 6 nitrogen and oxygen atoms in total. The number of sulfonamides is 1. The molecule has 0 amide bonds. The highest BCUT2D eigenvalue weighted by atomic mass is 32.2. The molecule has 1 aromatic heterocycles. The van der Waals surface area contributed by atoms with Gasteiger partial charge in [-0.15, -0.1) is 0 Å². The summed E-state index contributed by atoms with van der Waals surface area (Å²) in [5.41, 5.74) is 5.49. The molecule has 112 valence electrons. The highest BCUT2D eigenvalue weighted by molar-refractivity contribution is 7.89. The smallest absolute Gasteiger partial charge is 0.262 e. The van der Waals surface area contributed by atoms with E-state index in [-0.39, 0.29) is 10.4 Å². The number of piperidine rings is 1. The third kappa shape index (κ3) is 2.72. The number of nitrogens with two attached hydrogens (primary N) is 1. The summed E-state index contributed by atoms with van der Waals surface area (Å²) in [6, 6.07) is 0. The fraction of sp³-hybridized carbons (Fsp3) is 0.667. The number of rotatable bonds is 4. The maximum absolute atomic E-state index is 12.5. The molecule has 1 aromatic rings. The number of hydrogen-bond donors (Lipinski definition) is 1. The lowest BCUT2D eigenvalue weighted by Gasteiger charge is -2.37. The van der Waals surface area contributed by atoms with E-state index in [1.165, 1.54) is 10.6 Å². The lowest BCUT2D eigenvalue weighted by atomic mass is 9.81. The normalized spacial score (nSPS) is 19.9. The third-order valence-corrected chi connectivity index (χ3v) is 6.28. The average Bonchev–Trinajstić information content (AvgIpc) is 2.88. The molecule has 1 fully saturated rings. The lowest BCUT2D eigenvalue weighted by Crippen LogP contribution is -2.46. The minimum absolute atomic E-state index is 0.110. The Hall–Kier alpha value is -0.990. The average molecular weight is 316 g/mol. The van der Waals surface area contributed by atoms with Crippen LogP contribution in [-0.4, -0.2) is 40.4 Å². The minimum atomic E-state index is -3.51. The van der Waals surface area contributed by atoms with Gasteiger partial charge < -0.3 is 10.3 Å². The van der Waals surface area contributed by atoms with E-state index >= 15 is 0 Å². The molecule has 2 rings (SSSR count). The first kappa shape index (κ1) is 15.4. The van der Waals surface area contributed by atoms with Gasteiger partial charge in [-0.2, -0.15) is 4.31 Å². The molecule has 0 saturated carbocycles. The molecule has 1 saturated heterocycles. The van der Waals surface area contributed by atoms with Crippen LogP contribution in [0, 0.1) is 5.41 Å². The lowest BCUT2D eigenvalue weighted by molar-refractivity contribution is 0.243. The van der Waals surface area contributed by atoms with Gasteiger partial charge in [-0.3, -0.25) is 0 Å². The predicted octanol–water partition coefficient (Wildman–Crippen LogP) is 0.980. The molecule has 0 aliphatic carbocycles. The van der Waals surface area contributed by atoms with Crippen LogP contribution in [0.1, 0.15) is 26.7 Å². The first-order valence-corrected chi connectivity index (χ1v) is 8.46. The van der Waals surface area contributed by atoms with Gasteiger partial charge in [0.2, 0.25) is 0 Å². The molecule has 8 heteroatoms. The number of hydrogen-bond acceptors (Lipinski definition) is 4. The zero-order valence-corrected chi connectivity index (χ0v) is 13.4. The predicted molar refractivity (Wildman–Crippen MR) is 80.8 cm³/mol. The van der Waals surface area contributed by atoms with Gasteiger partial charge in [-0.25, -0.2) is 13.4 Å². The van der Waals surface area contributed by atoms with Crippen LogP contribution in [0.25, 0.3) is 0 Å². The zero-order chi connectivity index (χ0) is 15.0. The Balaban J connectivity index is 2.15. The Bertz CT molecular complexity index is 601. The van der Waals surface area contributed by atoms with Crippen LogP contribution >= 0.6 is 12.2 Å². The van der Waals surface area contributed by atoms with Gasteiger partial charge >= 0.3 is 0 Å². The summed E-state index contributed by atoms with van der Waals surface area (Å²) < 4.78 is 28.2. The number of thiocarbonyl (C=S) groups is 1. The fourth-order valence-corrected chi connectivity index (χ4v) is 3.83. The van der Waals surface area contributed by atoms with Crippen LogP contribution in [0.4, 0.5) is 0 Å². The molecule has 20 heavy (non-hydrogen) atoms. The number of imidazole rings is 1. The van der Waals surface area contributed by atoms with E-state index < -0.39 is 10.0 Å². The topological polar surface area (TPSA) is 81.2 Å². The second kappa shape index (κ2) is 5.42. The molecule has 2 heterocycles. The van der Waals surface area contributed by atoms with Gasteiger partial charge in [0.25, 0.3) is 10.0 Å². The first-order chi connectivity index (χ1) is 9.29. The summed E-state index contributed by atoms with van der Waals surface area (Å²) in [6.45, 7) is 5.48. The molecular weight excluding hydrogens is 296 g/mol. The van der Waals surface area contributed by atoms with Crippen molar-refractivity contribution >= 4 is 27.2 Å². The third-order valence-electron chi connectivity index (χ3n) is 4.00. The molecule has 2 N–H and O–H groups in total. The SMILES string of the molecule is CCn1cnc(S(=O)(=O)N2CCC(C)(C(N)=S)CC2)c1. The van der Waals surface area contributed by atoms with Crippen molar-refractivity contribution in [2.75, 3.05) is 13.1 Å². The van der Waals surface area contributed by atoms with Gasteiger partial charge in [0, 0.05) is 31.2 Å². The Labute approximate surface area is 125 Å². The van der Waals surface area contributed by atoms with Gasteiger partial charge in [-0.1, -0.05) is 19.1 Å². The molecule has 0 radical (unpaired) electrons. The highest BCUT2D eigenvalue weighted by Crippen LogP contribution is 2.33. The Kier molecular flexibility index (Phi) is 4.17. The van der Waals surface area contributed by atoms with Crippen LogP contribution in [-0.2, 0) is 16.6 Å². The Morgan fingerprint density at radius 2 is 2.10 bits per heavy atom. The number of nitrogens with zero attached hydrogens (tertiary/aromatic N) is 3. The van der Waals surface area contributed by atoms with E-state index in [0.29, 0.717) is 37.5 Å². The summed E-state index contributed by atoms with van der Waals surface area (Å²) in [5, 5.41) is 0.110. The van der Waals surface area contributed by atoms with E-state index in [1.807, 2.05) is 13.8 Å². The zero-order valence-electron chi connectivity index (χ0n) is 11.7. The van der Waals surface area contributed by atoms with Crippen molar-refractivity contribution in [1.29, 1.82) is 0 Å². The monoisotopic (exact) mass is 316 g/mol. The van der Waals surface area contributed by atoms with Crippen molar-refractivity contribution in [3.8, 4) is 0 Å². The summed E-state index contributed by atoms with van der Waals surface area (Å²) in [7, 11) is -3.51. The maximum atomic E-state index is 12.5. The largest absolute Gasteiger partial charge is 0.393 e. The summed E-state index contributed by atoms with van der Waals surface area (Å²) >= 11 is 5.07. The van der Waals surface area contributed by atoms with E-state index in [0.717, 1.165) is 0 Å². The van der Waals surface area contributed by atoms with Crippen LogP contribution in [0.5, 0.6) is 0 Å². The van der Waals surface area contributed by atoms with Crippen molar-refractivity contribution < 1.29 is 8.42 Å². The molecule has 1 aliphatic heterocycles. The summed E-state index contributed by atoms with van der Waals surface area (Å²) in [6.07, 6.45) is 4.40. The quantitative estimate of drug-likeness (QED) is 0.838.